The second kappa shape index (κ2) is 5.41. The molecule has 2 aliphatic carbocycles. The van der Waals surface area contributed by atoms with Crippen LogP contribution in [-0.2, 0) is 0 Å². The van der Waals surface area contributed by atoms with Gasteiger partial charge in [-0.2, -0.15) is 0 Å². The van der Waals surface area contributed by atoms with Gasteiger partial charge in [0.05, 0.1) is 0 Å². The summed E-state index contributed by atoms with van der Waals surface area (Å²) in [5.74, 6) is 2.20. The van der Waals surface area contributed by atoms with Gasteiger partial charge in [0.1, 0.15) is 4.33 Å². The third kappa shape index (κ3) is 2.54. The van der Waals surface area contributed by atoms with E-state index in [1.165, 1.54) is 18.2 Å². The fraction of sp³-hybridized carbons (Fsp3) is 0.412. The molecular formula is C17H16Cl2N4S. The van der Waals surface area contributed by atoms with Gasteiger partial charge in [-0.05, 0) is 25.3 Å². The Bertz CT molecular complexity index is 912. The van der Waals surface area contributed by atoms with E-state index in [4.69, 9.17) is 23.2 Å². The lowest BCUT2D eigenvalue weighted by atomic mass is 10.1. The first kappa shape index (κ1) is 15.1. The molecule has 124 valence electrons. The van der Waals surface area contributed by atoms with Crippen molar-refractivity contribution in [3.8, 4) is 11.4 Å². The van der Waals surface area contributed by atoms with Gasteiger partial charge in [-0.15, -0.1) is 33.4 Å². The van der Waals surface area contributed by atoms with Crippen molar-refractivity contribution in [1.29, 1.82) is 0 Å². The number of alkyl halides is 2. The molecular weight excluding hydrogens is 363 g/mol. The second-order valence-electron chi connectivity index (χ2n) is 6.63. The number of para-hydroxylation sites is 1. The van der Waals surface area contributed by atoms with Gasteiger partial charge >= 0.3 is 0 Å². The lowest BCUT2D eigenvalue weighted by molar-refractivity contribution is 0.669. The van der Waals surface area contributed by atoms with E-state index in [1.54, 1.807) is 11.8 Å². The SMILES string of the molecule is ClC1(Cl)C[C@@H]1CSc1nnc(-c2c[nH]c3ccccc23)n1C1CC1. The molecule has 0 amide bonds. The lowest BCUT2D eigenvalue weighted by Gasteiger charge is -2.08. The molecule has 2 fully saturated rings. The Morgan fingerprint density at radius 3 is 2.79 bits per heavy atom. The minimum Gasteiger partial charge on any atom is -0.360 e. The van der Waals surface area contributed by atoms with Crippen LogP contribution in [0.1, 0.15) is 25.3 Å². The molecule has 7 heteroatoms. The third-order valence-corrected chi connectivity index (χ3v) is 6.81. The molecule has 0 bridgehead atoms. The van der Waals surface area contributed by atoms with Crippen LogP contribution in [0.3, 0.4) is 0 Å². The maximum absolute atomic E-state index is 6.15. The number of aromatic amines is 1. The molecule has 4 nitrogen and oxygen atoms in total. The van der Waals surface area contributed by atoms with Gasteiger partial charge in [0.15, 0.2) is 11.0 Å². The van der Waals surface area contributed by atoms with Crippen molar-refractivity contribution in [2.45, 2.75) is 34.8 Å². The molecule has 1 N–H and O–H groups in total. The number of nitrogens with one attached hydrogen (secondary N) is 1. The van der Waals surface area contributed by atoms with Crippen LogP contribution in [0.2, 0.25) is 0 Å². The topological polar surface area (TPSA) is 46.5 Å². The summed E-state index contributed by atoms with van der Waals surface area (Å²) in [6.07, 6.45) is 5.29. The van der Waals surface area contributed by atoms with E-state index in [2.05, 4.69) is 37.9 Å². The van der Waals surface area contributed by atoms with Crippen LogP contribution in [0.25, 0.3) is 22.3 Å². The molecule has 5 rings (SSSR count). The van der Waals surface area contributed by atoms with Gasteiger partial charge in [-0.25, -0.2) is 0 Å². The number of aromatic nitrogens is 4. The molecule has 2 aliphatic rings. The molecule has 0 saturated heterocycles. The van der Waals surface area contributed by atoms with Crippen LogP contribution in [-0.4, -0.2) is 29.8 Å². The van der Waals surface area contributed by atoms with Gasteiger partial charge in [-0.1, -0.05) is 30.0 Å². The Balaban J connectivity index is 1.50. The summed E-state index contributed by atoms with van der Waals surface area (Å²) in [7, 11) is 0. The second-order valence-corrected chi connectivity index (χ2v) is 9.16. The number of nitrogens with zero attached hydrogens (tertiary/aromatic N) is 3. The molecule has 0 aliphatic heterocycles. The number of thioether (sulfide) groups is 1. The highest BCUT2D eigenvalue weighted by molar-refractivity contribution is 7.99. The zero-order valence-electron chi connectivity index (χ0n) is 12.9. The zero-order chi connectivity index (χ0) is 16.3. The predicted octanol–water partition coefficient (Wildman–Crippen LogP) is 5.05. The first-order chi connectivity index (χ1) is 11.6. The van der Waals surface area contributed by atoms with Crippen LogP contribution in [0.5, 0.6) is 0 Å². The number of hydrogen-bond acceptors (Lipinski definition) is 3. The predicted molar refractivity (Wildman–Crippen MR) is 98.9 cm³/mol. The average Bonchev–Trinajstić information content (AvgIpc) is 3.40. The number of hydrogen-bond donors (Lipinski definition) is 1. The van der Waals surface area contributed by atoms with Crippen LogP contribution < -0.4 is 0 Å². The summed E-state index contributed by atoms with van der Waals surface area (Å²) in [5.41, 5.74) is 2.24. The fourth-order valence-electron chi connectivity index (χ4n) is 3.10. The van der Waals surface area contributed by atoms with Gasteiger partial charge in [0.25, 0.3) is 0 Å². The minimum absolute atomic E-state index is 0.353. The standard InChI is InChI=1S/C17H16Cl2N4S/c18-17(19)7-10(17)9-24-16-22-21-15(23(16)11-5-6-11)13-8-20-14-4-2-1-3-12(13)14/h1-4,8,10-11,20H,5-7,9H2/t10-/m1/s1. The Hall–Kier alpha value is -1.17. The number of benzene rings is 1. The quantitative estimate of drug-likeness (QED) is 0.499. The average molecular weight is 379 g/mol. The van der Waals surface area contributed by atoms with E-state index in [9.17, 15) is 0 Å². The monoisotopic (exact) mass is 378 g/mol. The van der Waals surface area contributed by atoms with Crippen molar-refractivity contribution in [1.82, 2.24) is 19.7 Å². The minimum atomic E-state index is -0.531. The molecule has 0 radical (unpaired) electrons. The summed E-state index contributed by atoms with van der Waals surface area (Å²) in [5, 5.41) is 11.1. The highest BCUT2D eigenvalue weighted by Gasteiger charge is 2.51. The van der Waals surface area contributed by atoms with Crippen molar-refractivity contribution < 1.29 is 0 Å². The van der Waals surface area contributed by atoms with Gasteiger partial charge in [0, 0.05) is 40.4 Å². The van der Waals surface area contributed by atoms with Gasteiger partial charge < -0.3 is 4.98 Å². The Kier molecular flexibility index (Phi) is 3.41. The van der Waals surface area contributed by atoms with E-state index in [-0.39, 0.29) is 0 Å². The third-order valence-electron chi connectivity index (χ3n) is 4.78. The lowest BCUT2D eigenvalue weighted by Crippen LogP contribution is -2.01. The molecule has 0 spiro atoms. The molecule has 0 unspecified atom stereocenters. The number of H-pyrrole nitrogens is 1. The highest BCUT2D eigenvalue weighted by atomic mass is 35.5. The maximum Gasteiger partial charge on any atom is 0.191 e. The zero-order valence-corrected chi connectivity index (χ0v) is 15.2. The van der Waals surface area contributed by atoms with E-state index in [0.717, 1.165) is 34.2 Å². The van der Waals surface area contributed by atoms with Crippen molar-refractivity contribution in [3.05, 3.63) is 30.5 Å². The Morgan fingerprint density at radius 1 is 1.25 bits per heavy atom. The first-order valence-electron chi connectivity index (χ1n) is 8.15. The van der Waals surface area contributed by atoms with Gasteiger partial charge in [-0.3, -0.25) is 4.57 Å². The van der Waals surface area contributed by atoms with Crippen LogP contribution >= 0.6 is 35.0 Å². The van der Waals surface area contributed by atoms with Crippen LogP contribution in [0.4, 0.5) is 0 Å². The van der Waals surface area contributed by atoms with E-state index in [0.29, 0.717) is 12.0 Å². The van der Waals surface area contributed by atoms with Gasteiger partial charge in [0.2, 0.25) is 0 Å². The van der Waals surface area contributed by atoms with Crippen LogP contribution in [0.15, 0.2) is 35.6 Å². The molecule has 1 atom stereocenters. The molecule has 2 heterocycles. The smallest absolute Gasteiger partial charge is 0.191 e. The van der Waals surface area contributed by atoms with Crippen molar-refractivity contribution in [2.24, 2.45) is 5.92 Å². The fourth-order valence-corrected chi connectivity index (χ4v) is 5.04. The number of rotatable bonds is 5. The summed E-state index contributed by atoms with van der Waals surface area (Å²) < 4.78 is 1.77. The van der Waals surface area contributed by atoms with E-state index >= 15 is 0 Å². The Labute approximate surface area is 153 Å². The molecule has 24 heavy (non-hydrogen) atoms. The molecule has 1 aromatic carbocycles. The van der Waals surface area contributed by atoms with Crippen molar-refractivity contribution >= 4 is 45.9 Å². The van der Waals surface area contributed by atoms with E-state index < -0.39 is 4.33 Å². The van der Waals surface area contributed by atoms with Crippen LogP contribution in [0, 0.1) is 5.92 Å². The normalized spacial score (nSPS) is 22.2. The molecule has 2 aromatic heterocycles. The maximum atomic E-state index is 6.15. The summed E-state index contributed by atoms with van der Waals surface area (Å²) in [6, 6.07) is 8.82. The Morgan fingerprint density at radius 2 is 2.04 bits per heavy atom. The van der Waals surface area contributed by atoms with Crippen molar-refractivity contribution in [3.63, 3.8) is 0 Å². The summed E-state index contributed by atoms with van der Waals surface area (Å²) in [4.78, 5) is 3.33. The number of halogens is 2. The largest absolute Gasteiger partial charge is 0.360 e. The highest BCUT2D eigenvalue weighted by Crippen LogP contribution is 2.55. The number of fused-ring (bicyclic) bond motifs is 1. The van der Waals surface area contributed by atoms with E-state index in [1.807, 2.05) is 12.3 Å². The summed E-state index contributed by atoms with van der Waals surface area (Å²) >= 11 is 14.0. The molecule has 3 aromatic rings. The first-order valence-corrected chi connectivity index (χ1v) is 9.89. The summed E-state index contributed by atoms with van der Waals surface area (Å²) in [6.45, 7) is 0. The molecule has 2 saturated carbocycles. The van der Waals surface area contributed by atoms with Crippen molar-refractivity contribution in [2.75, 3.05) is 5.75 Å².